The highest BCUT2D eigenvalue weighted by molar-refractivity contribution is 6.04. The Morgan fingerprint density at radius 3 is 2.80 bits per heavy atom. The molecule has 30 heavy (non-hydrogen) atoms. The largest absolute Gasteiger partial charge is 0.494 e. The van der Waals surface area contributed by atoms with Crippen LogP contribution < -0.4 is 4.74 Å². The van der Waals surface area contributed by atoms with Gasteiger partial charge in [-0.2, -0.15) is 0 Å². The molecule has 0 aliphatic carbocycles. The lowest BCUT2D eigenvalue weighted by molar-refractivity contribution is 0.00232. The molecular formula is C24H25FN2O3. The lowest BCUT2D eigenvalue weighted by Crippen LogP contribution is -2.26. The highest BCUT2D eigenvalue weighted by Crippen LogP contribution is 2.38. The minimum Gasteiger partial charge on any atom is -0.494 e. The molecule has 5 nitrogen and oxygen atoms in total. The molecule has 0 saturated carbocycles. The third kappa shape index (κ3) is 2.71. The van der Waals surface area contributed by atoms with E-state index in [-0.39, 0.29) is 5.75 Å². The molecule has 0 radical (unpaired) electrons. The first-order valence-corrected chi connectivity index (χ1v) is 10.4. The predicted molar refractivity (Wildman–Crippen MR) is 115 cm³/mol. The van der Waals surface area contributed by atoms with Crippen LogP contribution in [0.25, 0.3) is 27.3 Å². The molecule has 1 atom stereocenters. The van der Waals surface area contributed by atoms with Gasteiger partial charge in [0.1, 0.15) is 0 Å². The number of fused-ring (bicyclic) bond motifs is 5. The molecule has 4 aromatic rings. The normalized spacial score (nSPS) is 19.4. The molecule has 1 aliphatic heterocycles. The average Bonchev–Trinajstić information content (AvgIpc) is 3.01. The maximum atomic E-state index is 14.4. The zero-order valence-electron chi connectivity index (χ0n) is 17.5. The molecule has 6 heteroatoms. The van der Waals surface area contributed by atoms with Gasteiger partial charge in [0.2, 0.25) is 0 Å². The second-order valence-corrected chi connectivity index (χ2v) is 8.03. The smallest absolute Gasteiger partial charge is 0.167 e. The molecule has 1 aromatic carbocycles. The molecule has 1 N–H and O–H groups in total. The van der Waals surface area contributed by atoms with Gasteiger partial charge in [-0.15, -0.1) is 0 Å². The van der Waals surface area contributed by atoms with E-state index in [1.165, 1.54) is 13.2 Å². The van der Waals surface area contributed by atoms with Crippen LogP contribution in [-0.4, -0.2) is 28.2 Å². The van der Waals surface area contributed by atoms with Crippen LogP contribution in [0.4, 0.5) is 4.39 Å². The van der Waals surface area contributed by atoms with Crippen LogP contribution in [0.5, 0.6) is 5.75 Å². The first kappa shape index (κ1) is 19.3. The number of aromatic nitrogens is 2. The molecule has 1 aliphatic rings. The molecule has 0 bridgehead atoms. The van der Waals surface area contributed by atoms with Crippen molar-refractivity contribution in [2.24, 2.45) is 0 Å². The van der Waals surface area contributed by atoms with Crippen molar-refractivity contribution in [3.8, 4) is 5.75 Å². The van der Waals surface area contributed by atoms with Crippen molar-refractivity contribution in [2.45, 2.75) is 45.3 Å². The highest BCUT2D eigenvalue weighted by Gasteiger charge is 2.32. The zero-order valence-corrected chi connectivity index (χ0v) is 17.5. The van der Waals surface area contributed by atoms with Crippen LogP contribution in [-0.2, 0) is 23.4 Å². The summed E-state index contributed by atoms with van der Waals surface area (Å²) in [6.07, 6.45) is 6.06. The van der Waals surface area contributed by atoms with Crippen molar-refractivity contribution in [3.63, 3.8) is 0 Å². The Morgan fingerprint density at radius 2 is 2.07 bits per heavy atom. The van der Waals surface area contributed by atoms with E-state index in [0.717, 1.165) is 44.9 Å². The summed E-state index contributed by atoms with van der Waals surface area (Å²) in [6, 6.07) is 5.21. The average molecular weight is 408 g/mol. The fraction of sp³-hybridized carbons (Fsp3) is 0.375. The second-order valence-electron chi connectivity index (χ2n) is 8.03. The number of ether oxygens (including phenoxy) is 2. The van der Waals surface area contributed by atoms with Crippen molar-refractivity contribution in [1.29, 1.82) is 0 Å². The van der Waals surface area contributed by atoms with Gasteiger partial charge in [-0.3, -0.25) is 0 Å². The van der Waals surface area contributed by atoms with E-state index >= 15 is 0 Å². The van der Waals surface area contributed by atoms with Gasteiger partial charge in [0, 0.05) is 41.2 Å². The SMILES string of the molecule is CCc1c2cc(OC)c(F)cc2nc2c1cn1cc3c(cc21)C(O)(CC)CCOC3. The topological polar surface area (TPSA) is 56.0 Å². The van der Waals surface area contributed by atoms with Gasteiger partial charge < -0.3 is 19.0 Å². The fourth-order valence-corrected chi connectivity index (χ4v) is 4.74. The predicted octanol–water partition coefficient (Wildman–Crippen LogP) is 4.87. The van der Waals surface area contributed by atoms with E-state index in [1.807, 2.05) is 23.6 Å². The minimum atomic E-state index is -0.923. The maximum Gasteiger partial charge on any atom is 0.167 e. The van der Waals surface area contributed by atoms with Gasteiger partial charge in [0.05, 0.1) is 42.5 Å². The minimum absolute atomic E-state index is 0.221. The fourth-order valence-electron chi connectivity index (χ4n) is 4.74. The summed E-state index contributed by atoms with van der Waals surface area (Å²) in [6.45, 7) is 5.08. The van der Waals surface area contributed by atoms with Gasteiger partial charge in [0.15, 0.2) is 11.6 Å². The highest BCUT2D eigenvalue weighted by atomic mass is 19.1. The summed E-state index contributed by atoms with van der Waals surface area (Å²) in [5, 5.41) is 13.2. The van der Waals surface area contributed by atoms with Crippen LogP contribution in [0, 0.1) is 5.82 Å². The summed E-state index contributed by atoms with van der Waals surface area (Å²) in [4.78, 5) is 4.83. The number of rotatable bonds is 3. The first-order valence-electron chi connectivity index (χ1n) is 10.4. The van der Waals surface area contributed by atoms with Crippen molar-refractivity contribution in [3.05, 3.63) is 53.1 Å². The number of pyridine rings is 2. The molecule has 0 saturated heterocycles. The van der Waals surface area contributed by atoms with Crippen LogP contribution in [0.15, 0.2) is 30.6 Å². The van der Waals surface area contributed by atoms with E-state index in [9.17, 15) is 9.50 Å². The third-order valence-corrected chi connectivity index (χ3v) is 6.48. The number of halogens is 1. The Hall–Kier alpha value is -2.70. The van der Waals surface area contributed by atoms with Crippen LogP contribution in [0.1, 0.15) is 43.4 Å². The van der Waals surface area contributed by atoms with Crippen molar-refractivity contribution < 1.29 is 19.0 Å². The summed E-state index contributed by atoms with van der Waals surface area (Å²) in [5.74, 6) is -0.201. The number of hydrogen-bond acceptors (Lipinski definition) is 4. The summed E-state index contributed by atoms with van der Waals surface area (Å²) < 4.78 is 27.4. The van der Waals surface area contributed by atoms with E-state index in [4.69, 9.17) is 14.5 Å². The Morgan fingerprint density at radius 1 is 1.23 bits per heavy atom. The standard InChI is InChI=1S/C24H25FN2O3/c1-4-15-16-8-22(29-3)19(25)10-20(16)26-23-17(15)12-27-11-14-13-30-7-6-24(28,5-2)18(14)9-21(23)27/h8-12,28H,4-7,13H2,1-3H3. The molecule has 5 rings (SSSR count). The maximum absolute atomic E-state index is 14.4. The lowest BCUT2D eigenvalue weighted by Gasteiger charge is -2.27. The van der Waals surface area contributed by atoms with E-state index in [0.29, 0.717) is 31.6 Å². The van der Waals surface area contributed by atoms with Crippen LogP contribution >= 0.6 is 0 Å². The summed E-state index contributed by atoms with van der Waals surface area (Å²) in [5.41, 5.74) is 4.40. The summed E-state index contributed by atoms with van der Waals surface area (Å²) >= 11 is 0. The van der Waals surface area contributed by atoms with Crippen molar-refractivity contribution >= 4 is 27.3 Å². The first-order chi connectivity index (χ1) is 14.5. The van der Waals surface area contributed by atoms with Gasteiger partial charge >= 0.3 is 0 Å². The molecule has 3 aromatic heterocycles. The molecule has 0 fully saturated rings. The molecule has 0 spiro atoms. The number of benzene rings is 1. The third-order valence-electron chi connectivity index (χ3n) is 6.48. The molecular weight excluding hydrogens is 383 g/mol. The Balaban J connectivity index is 1.87. The number of aryl methyl sites for hydroxylation is 1. The Kier molecular flexibility index (Phi) is 4.45. The number of aliphatic hydroxyl groups is 1. The molecule has 156 valence electrons. The van der Waals surface area contributed by atoms with Crippen LogP contribution in [0.2, 0.25) is 0 Å². The second kappa shape index (κ2) is 6.93. The van der Waals surface area contributed by atoms with E-state index in [1.54, 1.807) is 6.07 Å². The van der Waals surface area contributed by atoms with Gasteiger partial charge in [-0.25, -0.2) is 9.37 Å². The number of methoxy groups -OCH3 is 1. The van der Waals surface area contributed by atoms with Gasteiger partial charge in [0.25, 0.3) is 0 Å². The summed E-state index contributed by atoms with van der Waals surface area (Å²) in [7, 11) is 1.47. The molecule has 1 unspecified atom stereocenters. The lowest BCUT2D eigenvalue weighted by atomic mass is 9.86. The molecule has 4 heterocycles. The van der Waals surface area contributed by atoms with E-state index in [2.05, 4.69) is 13.1 Å². The van der Waals surface area contributed by atoms with Gasteiger partial charge in [-0.05, 0) is 36.1 Å². The zero-order chi connectivity index (χ0) is 21.0. The Bertz CT molecular complexity index is 1300. The van der Waals surface area contributed by atoms with Crippen molar-refractivity contribution in [2.75, 3.05) is 13.7 Å². The quantitative estimate of drug-likeness (QED) is 0.526. The van der Waals surface area contributed by atoms with Crippen molar-refractivity contribution in [1.82, 2.24) is 9.38 Å². The Labute approximate surface area is 174 Å². The molecule has 0 amide bonds. The number of hydrogen-bond donors (Lipinski definition) is 1. The van der Waals surface area contributed by atoms with E-state index < -0.39 is 11.4 Å². The number of nitrogens with zero attached hydrogens (tertiary/aromatic N) is 2. The van der Waals surface area contributed by atoms with Crippen LogP contribution in [0.3, 0.4) is 0 Å². The monoisotopic (exact) mass is 408 g/mol. The van der Waals surface area contributed by atoms with Gasteiger partial charge in [-0.1, -0.05) is 13.8 Å².